The molecule has 1 heteroatoms. The molecular formula is C18H31N. The van der Waals surface area contributed by atoms with Crippen LogP contribution in [-0.2, 0) is 0 Å². The zero-order valence-corrected chi connectivity index (χ0v) is 14.1. The highest BCUT2D eigenvalue weighted by Gasteiger charge is 2.20. The van der Waals surface area contributed by atoms with Crippen molar-refractivity contribution in [2.75, 3.05) is 6.54 Å². The van der Waals surface area contributed by atoms with E-state index in [1.165, 1.54) is 39.8 Å². The highest BCUT2D eigenvalue weighted by atomic mass is 14.9. The van der Waals surface area contributed by atoms with E-state index >= 15 is 0 Å². The lowest BCUT2D eigenvalue weighted by atomic mass is 9.84. The monoisotopic (exact) mass is 261 g/mol. The lowest BCUT2D eigenvalue weighted by Crippen LogP contribution is -2.25. The minimum atomic E-state index is 0.489. The number of nitrogens with one attached hydrogen (secondary N) is 1. The van der Waals surface area contributed by atoms with Crippen LogP contribution in [0.25, 0.3) is 0 Å². The van der Waals surface area contributed by atoms with Crippen LogP contribution in [0.4, 0.5) is 0 Å². The Bertz CT molecular complexity index is 414. The van der Waals surface area contributed by atoms with E-state index in [-0.39, 0.29) is 0 Å². The van der Waals surface area contributed by atoms with Gasteiger partial charge >= 0.3 is 0 Å². The Morgan fingerprint density at radius 1 is 0.789 bits per heavy atom. The standard InChI is InChI=1S/C18H31N/c1-9-19-17(10-11(2)3)18-15(7)13(5)12(4)14(6)16(18)8/h11,17,19H,9-10H2,1-8H3. The number of hydrogen-bond acceptors (Lipinski definition) is 1. The Balaban J connectivity index is 3.37. The topological polar surface area (TPSA) is 12.0 Å². The third kappa shape index (κ3) is 3.39. The van der Waals surface area contributed by atoms with Crippen LogP contribution < -0.4 is 5.32 Å². The summed E-state index contributed by atoms with van der Waals surface area (Å²) in [5, 5.41) is 3.69. The van der Waals surface area contributed by atoms with E-state index in [0.717, 1.165) is 6.54 Å². The Morgan fingerprint density at radius 3 is 1.58 bits per heavy atom. The van der Waals surface area contributed by atoms with Crippen LogP contribution in [-0.4, -0.2) is 6.54 Å². The maximum Gasteiger partial charge on any atom is 0.0328 e. The van der Waals surface area contributed by atoms with Crippen molar-refractivity contribution in [1.29, 1.82) is 0 Å². The molecule has 0 amide bonds. The largest absolute Gasteiger partial charge is 0.310 e. The molecule has 1 nitrogen and oxygen atoms in total. The molecule has 0 aromatic heterocycles. The summed E-state index contributed by atoms with van der Waals surface area (Å²) < 4.78 is 0. The first-order valence-electron chi connectivity index (χ1n) is 7.61. The molecule has 0 aliphatic rings. The summed E-state index contributed by atoms with van der Waals surface area (Å²) in [4.78, 5) is 0. The highest BCUT2D eigenvalue weighted by molar-refractivity contribution is 5.50. The van der Waals surface area contributed by atoms with E-state index in [0.29, 0.717) is 12.0 Å². The molecule has 0 spiro atoms. The van der Waals surface area contributed by atoms with Gasteiger partial charge in [0.05, 0.1) is 0 Å². The van der Waals surface area contributed by atoms with E-state index in [2.05, 4.69) is 60.7 Å². The van der Waals surface area contributed by atoms with Gasteiger partial charge in [-0.3, -0.25) is 0 Å². The lowest BCUT2D eigenvalue weighted by molar-refractivity contribution is 0.435. The second kappa shape index (κ2) is 6.56. The van der Waals surface area contributed by atoms with E-state index in [1.807, 2.05) is 0 Å². The van der Waals surface area contributed by atoms with Gasteiger partial charge in [0.15, 0.2) is 0 Å². The summed E-state index contributed by atoms with van der Waals surface area (Å²) in [5.74, 6) is 0.713. The molecule has 0 fully saturated rings. The quantitative estimate of drug-likeness (QED) is 0.793. The van der Waals surface area contributed by atoms with Crippen molar-refractivity contribution in [2.45, 2.75) is 67.9 Å². The normalized spacial score (nSPS) is 13.1. The van der Waals surface area contributed by atoms with Gasteiger partial charge in [0.25, 0.3) is 0 Å². The Labute approximate surface area is 119 Å². The van der Waals surface area contributed by atoms with Crippen LogP contribution in [0.1, 0.15) is 66.6 Å². The maximum atomic E-state index is 3.69. The molecule has 0 saturated heterocycles. The van der Waals surface area contributed by atoms with Crippen molar-refractivity contribution in [1.82, 2.24) is 5.32 Å². The van der Waals surface area contributed by atoms with Gasteiger partial charge in [-0.15, -0.1) is 0 Å². The molecule has 19 heavy (non-hydrogen) atoms. The Hall–Kier alpha value is -0.820. The molecule has 1 aromatic rings. The van der Waals surface area contributed by atoms with Crippen molar-refractivity contribution in [3.05, 3.63) is 33.4 Å². The first kappa shape index (κ1) is 16.2. The lowest BCUT2D eigenvalue weighted by Gasteiger charge is -2.27. The number of rotatable bonds is 5. The van der Waals surface area contributed by atoms with Crippen molar-refractivity contribution >= 4 is 0 Å². The molecule has 1 rings (SSSR count). The van der Waals surface area contributed by atoms with Crippen LogP contribution in [0.15, 0.2) is 0 Å². The minimum absolute atomic E-state index is 0.489. The first-order chi connectivity index (χ1) is 8.81. The molecule has 0 saturated carbocycles. The Morgan fingerprint density at radius 2 is 1.21 bits per heavy atom. The summed E-state index contributed by atoms with van der Waals surface area (Å²) in [6, 6.07) is 0.489. The fraction of sp³-hybridized carbons (Fsp3) is 0.667. The van der Waals surface area contributed by atoms with Crippen LogP contribution in [0.2, 0.25) is 0 Å². The maximum absolute atomic E-state index is 3.69. The molecular weight excluding hydrogens is 230 g/mol. The summed E-state index contributed by atoms with van der Waals surface area (Å²) in [6.45, 7) is 19.2. The number of hydrogen-bond donors (Lipinski definition) is 1. The third-order valence-corrected chi connectivity index (χ3v) is 4.56. The van der Waals surface area contributed by atoms with Crippen molar-refractivity contribution < 1.29 is 0 Å². The van der Waals surface area contributed by atoms with E-state index in [4.69, 9.17) is 0 Å². The first-order valence-corrected chi connectivity index (χ1v) is 7.61. The Kier molecular flexibility index (Phi) is 5.61. The zero-order chi connectivity index (χ0) is 14.7. The van der Waals surface area contributed by atoms with Crippen LogP contribution in [0.3, 0.4) is 0 Å². The average molecular weight is 261 g/mol. The summed E-state index contributed by atoms with van der Waals surface area (Å²) in [5.41, 5.74) is 8.88. The van der Waals surface area contributed by atoms with Crippen molar-refractivity contribution in [2.24, 2.45) is 5.92 Å². The fourth-order valence-corrected chi connectivity index (χ4v) is 3.07. The predicted molar refractivity (Wildman–Crippen MR) is 86.0 cm³/mol. The fourth-order valence-electron chi connectivity index (χ4n) is 3.07. The highest BCUT2D eigenvalue weighted by Crippen LogP contribution is 2.33. The average Bonchev–Trinajstić information content (AvgIpc) is 2.34. The molecule has 0 radical (unpaired) electrons. The molecule has 1 unspecified atom stereocenters. The molecule has 0 heterocycles. The van der Waals surface area contributed by atoms with Gasteiger partial charge in [0, 0.05) is 6.04 Å². The van der Waals surface area contributed by atoms with Gasteiger partial charge in [0.2, 0.25) is 0 Å². The van der Waals surface area contributed by atoms with Gasteiger partial charge < -0.3 is 5.32 Å². The minimum Gasteiger partial charge on any atom is -0.310 e. The van der Waals surface area contributed by atoms with E-state index in [9.17, 15) is 0 Å². The van der Waals surface area contributed by atoms with Gasteiger partial charge in [-0.2, -0.15) is 0 Å². The second-order valence-corrected chi connectivity index (χ2v) is 6.28. The molecule has 1 N–H and O–H groups in total. The zero-order valence-electron chi connectivity index (χ0n) is 14.1. The number of benzene rings is 1. The molecule has 1 aromatic carbocycles. The third-order valence-electron chi connectivity index (χ3n) is 4.56. The van der Waals surface area contributed by atoms with Gasteiger partial charge in [-0.25, -0.2) is 0 Å². The SMILES string of the molecule is CCNC(CC(C)C)c1c(C)c(C)c(C)c(C)c1C. The van der Waals surface area contributed by atoms with E-state index in [1.54, 1.807) is 0 Å². The van der Waals surface area contributed by atoms with Crippen LogP contribution >= 0.6 is 0 Å². The molecule has 108 valence electrons. The van der Waals surface area contributed by atoms with Crippen molar-refractivity contribution in [3.63, 3.8) is 0 Å². The van der Waals surface area contributed by atoms with Gasteiger partial charge in [0.1, 0.15) is 0 Å². The van der Waals surface area contributed by atoms with Crippen LogP contribution in [0.5, 0.6) is 0 Å². The van der Waals surface area contributed by atoms with Crippen LogP contribution in [0, 0.1) is 40.5 Å². The van der Waals surface area contributed by atoms with E-state index < -0.39 is 0 Å². The predicted octanol–water partition coefficient (Wildman–Crippen LogP) is 4.93. The summed E-state index contributed by atoms with van der Waals surface area (Å²) in [7, 11) is 0. The van der Waals surface area contributed by atoms with Gasteiger partial charge in [-0.05, 0) is 86.9 Å². The molecule has 0 aliphatic carbocycles. The van der Waals surface area contributed by atoms with Gasteiger partial charge in [-0.1, -0.05) is 20.8 Å². The molecule has 1 atom stereocenters. The van der Waals surface area contributed by atoms with Crippen molar-refractivity contribution in [3.8, 4) is 0 Å². The molecule has 0 bridgehead atoms. The molecule has 0 aliphatic heterocycles. The summed E-state index contributed by atoms with van der Waals surface area (Å²) in [6.07, 6.45) is 1.21. The smallest absolute Gasteiger partial charge is 0.0328 e. The summed E-state index contributed by atoms with van der Waals surface area (Å²) >= 11 is 0. The second-order valence-electron chi connectivity index (χ2n) is 6.28.